The van der Waals surface area contributed by atoms with Crippen molar-refractivity contribution < 1.29 is 4.42 Å². The average molecular weight is 343 g/mol. The van der Waals surface area contributed by atoms with Gasteiger partial charge in [-0.3, -0.25) is 0 Å². The van der Waals surface area contributed by atoms with Crippen LogP contribution in [0, 0.1) is 4.64 Å². The Labute approximate surface area is 152 Å². The molecule has 0 amide bonds. The van der Waals surface area contributed by atoms with Gasteiger partial charge in [-0.05, 0) is 34.9 Å². The summed E-state index contributed by atoms with van der Waals surface area (Å²) in [6, 6.07) is 26.7. The fraction of sp³-hybridized carbons (Fsp3) is 0.0455. The molecule has 25 heavy (non-hydrogen) atoms. The molecule has 3 heteroatoms. The normalized spacial score (nSPS) is 10.7. The monoisotopic (exact) mass is 343 g/mol. The lowest BCUT2D eigenvalue weighted by molar-refractivity contribution is 0.492. The zero-order valence-electron chi connectivity index (χ0n) is 13.6. The molecule has 0 bridgehead atoms. The van der Waals surface area contributed by atoms with Gasteiger partial charge in [-0.15, -0.1) is 0 Å². The highest BCUT2D eigenvalue weighted by atomic mass is 32.1. The van der Waals surface area contributed by atoms with Gasteiger partial charge in [0.05, 0.1) is 12.8 Å². The summed E-state index contributed by atoms with van der Waals surface area (Å²) in [5, 5.41) is 0. The van der Waals surface area contributed by atoms with Crippen molar-refractivity contribution in [2.24, 2.45) is 0 Å². The Balaban J connectivity index is 1.89. The molecular formula is C22H17NOS. The summed E-state index contributed by atoms with van der Waals surface area (Å²) in [4.78, 5) is 0. The molecule has 4 aromatic rings. The average Bonchev–Trinajstić information content (AvgIpc) is 3.18. The minimum atomic E-state index is 0.626. The molecule has 2 aromatic heterocycles. The fourth-order valence-corrected chi connectivity index (χ4v) is 3.21. The smallest absolute Gasteiger partial charge is 0.123 e. The Morgan fingerprint density at radius 3 is 2.00 bits per heavy atom. The van der Waals surface area contributed by atoms with E-state index in [4.69, 9.17) is 16.6 Å². The van der Waals surface area contributed by atoms with Crippen LogP contribution in [-0.2, 0) is 6.54 Å². The van der Waals surface area contributed by atoms with Crippen LogP contribution in [0.1, 0.15) is 5.76 Å². The highest BCUT2D eigenvalue weighted by Crippen LogP contribution is 2.32. The van der Waals surface area contributed by atoms with Crippen LogP contribution in [0.5, 0.6) is 0 Å². The van der Waals surface area contributed by atoms with Crippen molar-refractivity contribution in [2.45, 2.75) is 6.54 Å². The lowest BCUT2D eigenvalue weighted by Gasteiger charge is -2.14. The van der Waals surface area contributed by atoms with Crippen LogP contribution in [-0.4, -0.2) is 4.57 Å². The van der Waals surface area contributed by atoms with E-state index in [0.29, 0.717) is 6.54 Å². The van der Waals surface area contributed by atoms with Gasteiger partial charge in [0.15, 0.2) is 0 Å². The zero-order chi connectivity index (χ0) is 17.1. The Kier molecular flexibility index (Phi) is 4.32. The van der Waals surface area contributed by atoms with Crippen molar-refractivity contribution in [3.63, 3.8) is 0 Å². The van der Waals surface area contributed by atoms with Gasteiger partial charge < -0.3 is 8.98 Å². The second-order valence-electron chi connectivity index (χ2n) is 5.88. The topological polar surface area (TPSA) is 18.1 Å². The molecule has 0 fully saturated rings. The number of pyridine rings is 1. The van der Waals surface area contributed by atoms with Crippen LogP contribution in [0.2, 0.25) is 0 Å². The quantitative estimate of drug-likeness (QED) is 0.411. The first-order valence-electron chi connectivity index (χ1n) is 8.19. The lowest BCUT2D eigenvalue weighted by atomic mass is 9.96. The van der Waals surface area contributed by atoms with Gasteiger partial charge in [0.25, 0.3) is 0 Å². The fourth-order valence-electron chi connectivity index (χ4n) is 2.97. The maximum Gasteiger partial charge on any atom is 0.123 e. The number of hydrogen-bond donors (Lipinski definition) is 0. The van der Waals surface area contributed by atoms with E-state index in [9.17, 15) is 0 Å². The molecule has 0 saturated carbocycles. The van der Waals surface area contributed by atoms with E-state index < -0.39 is 0 Å². The maximum atomic E-state index is 5.64. The Hall–Kier alpha value is -2.91. The van der Waals surface area contributed by atoms with E-state index in [2.05, 4.69) is 65.4 Å². The number of hydrogen-bond acceptors (Lipinski definition) is 2. The van der Waals surface area contributed by atoms with Crippen molar-refractivity contribution in [3.8, 4) is 22.3 Å². The first-order valence-corrected chi connectivity index (χ1v) is 8.60. The van der Waals surface area contributed by atoms with Gasteiger partial charge >= 0.3 is 0 Å². The molecular weight excluding hydrogens is 326 g/mol. The largest absolute Gasteiger partial charge is 0.467 e. The van der Waals surface area contributed by atoms with Crippen LogP contribution in [0.25, 0.3) is 22.3 Å². The van der Waals surface area contributed by atoms with E-state index in [-0.39, 0.29) is 0 Å². The molecule has 0 saturated heterocycles. The lowest BCUT2D eigenvalue weighted by Crippen LogP contribution is -2.03. The molecule has 2 nitrogen and oxygen atoms in total. The van der Waals surface area contributed by atoms with Crippen molar-refractivity contribution in [3.05, 3.63) is 102 Å². The number of benzene rings is 2. The molecule has 0 aliphatic heterocycles. The van der Waals surface area contributed by atoms with Crippen LogP contribution in [0.3, 0.4) is 0 Å². The predicted molar refractivity (Wildman–Crippen MR) is 104 cm³/mol. The first-order chi connectivity index (χ1) is 12.3. The summed E-state index contributed by atoms with van der Waals surface area (Å²) in [7, 11) is 0. The van der Waals surface area contributed by atoms with Gasteiger partial charge in [-0.2, -0.15) is 0 Å². The molecule has 4 rings (SSSR count). The molecule has 0 unspecified atom stereocenters. The second-order valence-corrected chi connectivity index (χ2v) is 6.30. The summed E-state index contributed by atoms with van der Waals surface area (Å²) >= 11 is 5.64. The van der Waals surface area contributed by atoms with Crippen molar-refractivity contribution in [2.75, 3.05) is 0 Å². The van der Waals surface area contributed by atoms with Crippen molar-refractivity contribution in [1.82, 2.24) is 4.57 Å². The van der Waals surface area contributed by atoms with Gasteiger partial charge in [0, 0.05) is 11.8 Å². The second kappa shape index (κ2) is 6.91. The summed E-state index contributed by atoms with van der Waals surface area (Å²) < 4.78 is 8.33. The molecule has 0 aliphatic carbocycles. The highest BCUT2D eigenvalue weighted by Gasteiger charge is 2.10. The standard InChI is InChI=1S/C22H17NOS/c25-22-14-20(17-8-3-1-4-9-17)21(18-10-5-2-6-11-18)16-23(22)15-19-12-7-13-24-19/h1-14,16H,15H2. The Bertz CT molecular complexity index is 1020. The maximum absolute atomic E-state index is 5.64. The van der Waals surface area contributed by atoms with Gasteiger partial charge in [0.2, 0.25) is 0 Å². The third kappa shape index (κ3) is 3.32. The van der Waals surface area contributed by atoms with Gasteiger partial charge in [-0.1, -0.05) is 72.9 Å². The van der Waals surface area contributed by atoms with Gasteiger partial charge in [-0.25, -0.2) is 0 Å². The van der Waals surface area contributed by atoms with Crippen LogP contribution >= 0.6 is 12.2 Å². The number of nitrogens with zero attached hydrogens (tertiary/aromatic N) is 1. The molecule has 0 spiro atoms. The predicted octanol–water partition coefficient (Wildman–Crippen LogP) is 6.19. The molecule has 2 heterocycles. The van der Waals surface area contributed by atoms with E-state index in [1.54, 1.807) is 6.26 Å². The molecule has 0 atom stereocenters. The highest BCUT2D eigenvalue weighted by molar-refractivity contribution is 7.71. The van der Waals surface area contributed by atoms with E-state index in [0.717, 1.165) is 27.1 Å². The van der Waals surface area contributed by atoms with Crippen LogP contribution < -0.4 is 0 Å². The Morgan fingerprint density at radius 2 is 1.40 bits per heavy atom. The summed E-state index contributed by atoms with van der Waals surface area (Å²) in [6.07, 6.45) is 3.82. The molecule has 0 radical (unpaired) electrons. The summed E-state index contributed by atoms with van der Waals surface area (Å²) in [5.41, 5.74) is 4.64. The van der Waals surface area contributed by atoms with E-state index in [1.165, 1.54) is 5.56 Å². The molecule has 0 aliphatic rings. The third-order valence-electron chi connectivity index (χ3n) is 4.20. The Morgan fingerprint density at radius 1 is 0.760 bits per heavy atom. The first kappa shape index (κ1) is 15.6. The SMILES string of the molecule is S=c1cc(-c2ccccc2)c(-c2ccccc2)cn1Cc1ccco1. The van der Waals surface area contributed by atoms with E-state index in [1.807, 2.05) is 24.3 Å². The van der Waals surface area contributed by atoms with Crippen LogP contribution in [0.15, 0.2) is 95.7 Å². The van der Waals surface area contributed by atoms with Crippen LogP contribution in [0.4, 0.5) is 0 Å². The number of rotatable bonds is 4. The molecule has 2 aromatic carbocycles. The van der Waals surface area contributed by atoms with E-state index >= 15 is 0 Å². The van der Waals surface area contributed by atoms with Gasteiger partial charge in [0.1, 0.15) is 10.4 Å². The molecule has 0 N–H and O–H groups in total. The zero-order valence-corrected chi connectivity index (χ0v) is 14.4. The van der Waals surface area contributed by atoms with Crippen molar-refractivity contribution in [1.29, 1.82) is 0 Å². The molecule has 122 valence electrons. The number of furan rings is 1. The number of aromatic nitrogens is 1. The van der Waals surface area contributed by atoms with Crippen molar-refractivity contribution >= 4 is 12.2 Å². The third-order valence-corrected chi connectivity index (χ3v) is 4.55. The summed E-state index contributed by atoms with van der Waals surface area (Å²) in [6.45, 7) is 0.626. The minimum Gasteiger partial charge on any atom is -0.467 e. The summed E-state index contributed by atoms with van der Waals surface area (Å²) in [5.74, 6) is 0.891. The minimum absolute atomic E-state index is 0.626.